The summed E-state index contributed by atoms with van der Waals surface area (Å²) in [5.41, 5.74) is 1.77. The van der Waals surface area contributed by atoms with Crippen LogP contribution in [0.5, 0.6) is 0 Å². The average Bonchev–Trinajstić information content (AvgIpc) is 2.37. The molecule has 0 aliphatic rings. The van der Waals surface area contributed by atoms with Crippen LogP contribution in [0.25, 0.3) is 0 Å². The van der Waals surface area contributed by atoms with E-state index in [2.05, 4.69) is 10.3 Å². The number of amides is 1. The van der Waals surface area contributed by atoms with Gasteiger partial charge in [0, 0.05) is 29.6 Å². The minimum atomic E-state index is -0.316. The summed E-state index contributed by atoms with van der Waals surface area (Å²) >= 11 is 0. The minimum Gasteiger partial charge on any atom is -0.348 e. The van der Waals surface area contributed by atoms with Gasteiger partial charge >= 0.3 is 0 Å². The molecular weight excluding hydrogens is 231 g/mol. The molecule has 4 heteroatoms. The fraction of sp³-hybridized carbons (Fsp3) is 0.143. The zero-order valence-corrected chi connectivity index (χ0v) is 9.98. The molecule has 0 aliphatic carbocycles. The molecule has 1 N–H and O–H groups in total. The van der Waals surface area contributed by atoms with Crippen LogP contribution in [-0.4, -0.2) is 10.9 Å². The highest BCUT2D eigenvalue weighted by molar-refractivity contribution is 5.94. The second kappa shape index (κ2) is 5.40. The number of carbonyl (C=O) groups excluding carboxylic acids is 1. The Bertz CT molecular complexity index is 569. The summed E-state index contributed by atoms with van der Waals surface area (Å²) in [5, 5.41) is 2.68. The van der Waals surface area contributed by atoms with E-state index in [-0.39, 0.29) is 18.3 Å². The number of nitrogens with zero attached hydrogens (tertiary/aromatic N) is 1. The number of nitrogens with one attached hydrogen (secondary N) is 1. The van der Waals surface area contributed by atoms with E-state index in [0.29, 0.717) is 11.1 Å². The molecule has 1 aromatic heterocycles. The second-order valence-corrected chi connectivity index (χ2v) is 3.96. The van der Waals surface area contributed by atoms with Crippen molar-refractivity contribution in [2.75, 3.05) is 0 Å². The van der Waals surface area contributed by atoms with E-state index in [1.807, 2.05) is 6.92 Å². The minimum absolute atomic E-state index is 0.173. The first-order valence-corrected chi connectivity index (χ1v) is 5.61. The lowest BCUT2D eigenvalue weighted by Gasteiger charge is -2.06. The first-order chi connectivity index (χ1) is 8.66. The van der Waals surface area contributed by atoms with Crippen LogP contribution in [0.1, 0.15) is 21.6 Å². The fourth-order valence-electron chi connectivity index (χ4n) is 1.61. The van der Waals surface area contributed by atoms with Gasteiger partial charge in [-0.05, 0) is 25.1 Å². The maximum atomic E-state index is 13.3. The topological polar surface area (TPSA) is 42.0 Å². The van der Waals surface area contributed by atoms with Crippen LogP contribution >= 0.6 is 0 Å². The first-order valence-electron chi connectivity index (χ1n) is 5.61. The third kappa shape index (κ3) is 2.91. The Morgan fingerprint density at radius 3 is 2.83 bits per heavy atom. The van der Waals surface area contributed by atoms with Crippen LogP contribution in [0.4, 0.5) is 4.39 Å². The van der Waals surface area contributed by atoms with Crippen molar-refractivity contribution in [1.29, 1.82) is 0 Å². The molecule has 1 amide bonds. The van der Waals surface area contributed by atoms with Gasteiger partial charge in [-0.25, -0.2) is 4.39 Å². The third-order valence-corrected chi connectivity index (χ3v) is 2.56. The van der Waals surface area contributed by atoms with Crippen molar-refractivity contribution in [2.45, 2.75) is 13.5 Å². The number of hydrogen-bond acceptors (Lipinski definition) is 2. The lowest BCUT2D eigenvalue weighted by molar-refractivity contribution is 0.0950. The summed E-state index contributed by atoms with van der Waals surface area (Å²) < 4.78 is 13.3. The standard InChI is InChI=1S/C14H13FN2O/c1-10-8-11(6-7-16-10)14(18)17-9-12-4-2-3-5-13(12)15/h2-8H,9H2,1H3,(H,17,18). The molecule has 0 unspecified atom stereocenters. The summed E-state index contributed by atoms with van der Waals surface area (Å²) in [6, 6.07) is 9.69. The number of benzene rings is 1. The van der Waals surface area contributed by atoms with E-state index in [0.717, 1.165) is 5.69 Å². The number of pyridine rings is 1. The van der Waals surface area contributed by atoms with Gasteiger partial charge in [-0.1, -0.05) is 18.2 Å². The monoisotopic (exact) mass is 244 g/mol. The molecule has 2 rings (SSSR count). The summed E-state index contributed by atoms with van der Waals surface area (Å²) in [5.74, 6) is -0.549. The molecule has 0 saturated carbocycles. The largest absolute Gasteiger partial charge is 0.348 e. The van der Waals surface area contributed by atoms with Gasteiger partial charge in [0.25, 0.3) is 5.91 Å². The Hall–Kier alpha value is -2.23. The molecule has 0 radical (unpaired) electrons. The maximum Gasteiger partial charge on any atom is 0.251 e. The van der Waals surface area contributed by atoms with Gasteiger partial charge in [0.15, 0.2) is 0 Å². The fourth-order valence-corrected chi connectivity index (χ4v) is 1.61. The van der Waals surface area contributed by atoms with E-state index in [1.54, 1.807) is 36.5 Å². The highest BCUT2D eigenvalue weighted by Gasteiger charge is 2.07. The van der Waals surface area contributed by atoms with Crippen LogP contribution in [0.15, 0.2) is 42.6 Å². The molecule has 92 valence electrons. The Kier molecular flexibility index (Phi) is 3.67. The van der Waals surface area contributed by atoms with E-state index in [9.17, 15) is 9.18 Å². The highest BCUT2D eigenvalue weighted by Crippen LogP contribution is 2.06. The number of hydrogen-bond donors (Lipinski definition) is 1. The lowest BCUT2D eigenvalue weighted by atomic mass is 10.2. The Balaban J connectivity index is 2.03. The van der Waals surface area contributed by atoms with Crippen LogP contribution in [0, 0.1) is 12.7 Å². The van der Waals surface area contributed by atoms with Crippen LogP contribution in [0.2, 0.25) is 0 Å². The van der Waals surface area contributed by atoms with Crippen LogP contribution in [-0.2, 0) is 6.54 Å². The summed E-state index contributed by atoms with van der Waals surface area (Å²) in [4.78, 5) is 15.8. The van der Waals surface area contributed by atoms with Crippen LogP contribution in [0.3, 0.4) is 0 Å². The van der Waals surface area contributed by atoms with Gasteiger partial charge in [-0.15, -0.1) is 0 Å². The number of aromatic nitrogens is 1. The number of halogens is 1. The quantitative estimate of drug-likeness (QED) is 0.901. The highest BCUT2D eigenvalue weighted by atomic mass is 19.1. The van der Waals surface area contributed by atoms with Crippen molar-refractivity contribution in [3.05, 3.63) is 65.2 Å². The SMILES string of the molecule is Cc1cc(C(=O)NCc2ccccc2F)ccn1. The molecule has 1 aromatic carbocycles. The molecule has 0 aliphatic heterocycles. The Labute approximate surface area is 105 Å². The third-order valence-electron chi connectivity index (χ3n) is 2.56. The van der Waals surface area contributed by atoms with E-state index in [1.165, 1.54) is 6.07 Å². The maximum absolute atomic E-state index is 13.3. The van der Waals surface area contributed by atoms with E-state index >= 15 is 0 Å². The Morgan fingerprint density at radius 1 is 1.33 bits per heavy atom. The van der Waals surface area contributed by atoms with E-state index < -0.39 is 0 Å². The lowest BCUT2D eigenvalue weighted by Crippen LogP contribution is -2.23. The predicted octanol–water partition coefficient (Wildman–Crippen LogP) is 2.46. The molecule has 0 atom stereocenters. The van der Waals surface area contributed by atoms with Crippen LogP contribution < -0.4 is 5.32 Å². The molecular formula is C14H13FN2O. The van der Waals surface area contributed by atoms with Gasteiger partial charge in [0.05, 0.1) is 0 Å². The first kappa shape index (κ1) is 12.2. The number of aryl methyl sites for hydroxylation is 1. The molecule has 2 aromatic rings. The molecule has 18 heavy (non-hydrogen) atoms. The molecule has 1 heterocycles. The zero-order valence-electron chi connectivity index (χ0n) is 9.98. The molecule has 0 saturated heterocycles. The van der Waals surface area contributed by atoms with Gasteiger partial charge < -0.3 is 5.32 Å². The number of rotatable bonds is 3. The van der Waals surface area contributed by atoms with Crippen molar-refractivity contribution in [2.24, 2.45) is 0 Å². The average molecular weight is 244 g/mol. The van der Waals surface area contributed by atoms with Crippen molar-refractivity contribution in [1.82, 2.24) is 10.3 Å². The molecule has 0 spiro atoms. The van der Waals surface area contributed by atoms with Gasteiger partial charge in [0.1, 0.15) is 5.82 Å². The van der Waals surface area contributed by atoms with Crippen molar-refractivity contribution >= 4 is 5.91 Å². The predicted molar refractivity (Wildman–Crippen MR) is 66.5 cm³/mol. The normalized spacial score (nSPS) is 10.1. The van der Waals surface area contributed by atoms with Gasteiger partial charge in [-0.3, -0.25) is 9.78 Å². The zero-order chi connectivity index (χ0) is 13.0. The summed E-state index contributed by atoms with van der Waals surface area (Å²) in [7, 11) is 0. The van der Waals surface area contributed by atoms with Crippen molar-refractivity contribution in [3.8, 4) is 0 Å². The summed E-state index contributed by atoms with van der Waals surface area (Å²) in [6.45, 7) is 1.99. The Morgan fingerprint density at radius 2 is 2.11 bits per heavy atom. The molecule has 0 fully saturated rings. The van der Waals surface area contributed by atoms with Gasteiger partial charge in [-0.2, -0.15) is 0 Å². The van der Waals surface area contributed by atoms with E-state index in [4.69, 9.17) is 0 Å². The van der Waals surface area contributed by atoms with Gasteiger partial charge in [0.2, 0.25) is 0 Å². The smallest absolute Gasteiger partial charge is 0.251 e. The summed E-state index contributed by atoms with van der Waals surface area (Å²) in [6.07, 6.45) is 1.58. The molecule has 0 bridgehead atoms. The molecule has 3 nitrogen and oxygen atoms in total. The van der Waals surface area contributed by atoms with Crippen molar-refractivity contribution < 1.29 is 9.18 Å². The number of carbonyl (C=O) groups is 1. The second-order valence-electron chi connectivity index (χ2n) is 3.96. The van der Waals surface area contributed by atoms with Crippen molar-refractivity contribution in [3.63, 3.8) is 0 Å².